The minimum atomic E-state index is -1.44. The van der Waals surface area contributed by atoms with E-state index in [0.29, 0.717) is 5.92 Å². The van der Waals surface area contributed by atoms with Crippen molar-refractivity contribution in [2.24, 2.45) is 0 Å². The van der Waals surface area contributed by atoms with Gasteiger partial charge in [0.15, 0.2) is 8.32 Å². The monoisotopic (exact) mass is 360 g/mol. The van der Waals surface area contributed by atoms with Gasteiger partial charge in [0.2, 0.25) is 0 Å². The normalized spacial score (nSPS) is 18.4. The van der Waals surface area contributed by atoms with Crippen molar-refractivity contribution in [3.63, 3.8) is 0 Å². The summed E-state index contributed by atoms with van der Waals surface area (Å²) in [6, 6.07) is 15.9. The molecule has 2 heteroatoms. The third-order valence-electron chi connectivity index (χ3n) is 5.52. The van der Waals surface area contributed by atoms with Crippen LogP contribution in [0.1, 0.15) is 42.4 Å². The molecule has 0 saturated carbocycles. The molecule has 2 aromatic rings. The molecule has 0 spiro atoms. The van der Waals surface area contributed by atoms with Gasteiger partial charge in [-0.15, -0.1) is 0 Å². The molecule has 1 atom stereocenters. The van der Waals surface area contributed by atoms with E-state index in [1.54, 1.807) is 0 Å². The summed E-state index contributed by atoms with van der Waals surface area (Å²) in [6.45, 7) is 9.94. The fourth-order valence-corrected chi connectivity index (χ4v) is 4.91. The van der Waals surface area contributed by atoms with E-state index in [-0.39, 0.29) is 0 Å². The third-order valence-corrected chi connectivity index (χ3v) is 6.59. The van der Waals surface area contributed by atoms with Gasteiger partial charge < -0.3 is 4.43 Å². The molecule has 0 bridgehead atoms. The van der Waals surface area contributed by atoms with E-state index in [9.17, 15) is 0 Å². The average Bonchev–Trinajstić information content (AvgIpc) is 3.18. The van der Waals surface area contributed by atoms with Crippen LogP contribution in [-0.2, 0) is 4.43 Å². The highest BCUT2D eigenvalue weighted by molar-refractivity contribution is 6.69. The third kappa shape index (κ3) is 3.24. The van der Waals surface area contributed by atoms with Crippen LogP contribution in [-0.4, -0.2) is 14.9 Å². The second-order valence-electron chi connectivity index (χ2n) is 8.43. The van der Waals surface area contributed by atoms with Crippen LogP contribution in [0.15, 0.2) is 60.2 Å². The van der Waals surface area contributed by atoms with E-state index in [2.05, 4.69) is 81.2 Å². The van der Waals surface area contributed by atoms with Crippen LogP contribution < -0.4 is 0 Å². The van der Waals surface area contributed by atoms with Gasteiger partial charge in [0.25, 0.3) is 0 Å². The first-order valence-corrected chi connectivity index (χ1v) is 13.1. The van der Waals surface area contributed by atoms with Crippen LogP contribution in [0.25, 0.3) is 16.7 Å². The SMILES string of the molecule is CC1c2ccccc2-c2ccc(C3=C(CCO[Si](C)(C)C)C=CC3)cc21. The Morgan fingerprint density at radius 3 is 2.58 bits per heavy atom. The lowest BCUT2D eigenvalue weighted by atomic mass is 9.93. The molecule has 2 aliphatic rings. The van der Waals surface area contributed by atoms with Crippen LogP contribution >= 0.6 is 0 Å². The van der Waals surface area contributed by atoms with Gasteiger partial charge in [0.05, 0.1) is 0 Å². The average molecular weight is 361 g/mol. The van der Waals surface area contributed by atoms with Crippen LogP contribution in [0, 0.1) is 0 Å². The molecular weight excluding hydrogens is 332 g/mol. The summed E-state index contributed by atoms with van der Waals surface area (Å²) in [4.78, 5) is 0. The van der Waals surface area contributed by atoms with Gasteiger partial charge >= 0.3 is 0 Å². The maximum absolute atomic E-state index is 6.08. The molecule has 0 fully saturated rings. The Morgan fingerprint density at radius 1 is 1.00 bits per heavy atom. The van der Waals surface area contributed by atoms with Crippen molar-refractivity contribution in [3.8, 4) is 11.1 Å². The standard InChI is InChI=1S/C24H28OSi/c1-17-20-9-5-6-10-22(20)23-13-12-19(16-24(17)23)21-11-7-8-18(21)14-15-25-26(2,3)4/h5-10,12-13,16-17H,11,14-15H2,1-4H3. The second-order valence-corrected chi connectivity index (χ2v) is 12.9. The van der Waals surface area contributed by atoms with Gasteiger partial charge in [-0.1, -0.05) is 61.5 Å². The summed E-state index contributed by atoms with van der Waals surface area (Å²) in [5.74, 6) is 0.481. The number of rotatable bonds is 5. The first-order valence-electron chi connectivity index (χ1n) is 9.70. The van der Waals surface area contributed by atoms with E-state index in [4.69, 9.17) is 4.43 Å². The van der Waals surface area contributed by atoms with Gasteiger partial charge in [-0.3, -0.25) is 0 Å². The summed E-state index contributed by atoms with van der Waals surface area (Å²) >= 11 is 0. The van der Waals surface area contributed by atoms with E-state index in [0.717, 1.165) is 19.4 Å². The molecule has 1 unspecified atom stereocenters. The predicted molar refractivity (Wildman–Crippen MR) is 114 cm³/mol. The maximum Gasteiger partial charge on any atom is 0.183 e. The maximum atomic E-state index is 6.08. The molecular formula is C24H28OSi. The summed E-state index contributed by atoms with van der Waals surface area (Å²) in [5, 5.41) is 0. The molecule has 0 aromatic heterocycles. The minimum absolute atomic E-state index is 0.481. The second kappa shape index (κ2) is 6.68. The molecule has 0 aliphatic heterocycles. The fourth-order valence-electron chi connectivity index (χ4n) is 4.20. The Labute approximate surface area is 158 Å². The molecule has 4 rings (SSSR count). The number of benzene rings is 2. The van der Waals surface area contributed by atoms with Crippen LogP contribution in [0.4, 0.5) is 0 Å². The molecule has 26 heavy (non-hydrogen) atoms. The Hall–Kier alpha value is -1.90. The summed E-state index contributed by atoms with van der Waals surface area (Å²) in [6.07, 6.45) is 6.66. The topological polar surface area (TPSA) is 9.23 Å². The predicted octanol–water partition coefficient (Wildman–Crippen LogP) is 6.77. The first kappa shape index (κ1) is 17.5. The summed E-state index contributed by atoms with van der Waals surface area (Å²) < 4.78 is 6.08. The highest BCUT2D eigenvalue weighted by Gasteiger charge is 2.26. The van der Waals surface area contributed by atoms with Crippen molar-refractivity contribution in [2.75, 3.05) is 6.61 Å². The lowest BCUT2D eigenvalue weighted by Crippen LogP contribution is -2.25. The highest BCUT2D eigenvalue weighted by Crippen LogP contribution is 2.46. The zero-order chi connectivity index (χ0) is 18.3. The first-order chi connectivity index (χ1) is 12.4. The fraction of sp³-hybridized carbons (Fsp3) is 0.333. The molecule has 0 saturated heterocycles. The highest BCUT2D eigenvalue weighted by atomic mass is 28.4. The minimum Gasteiger partial charge on any atom is -0.417 e. The van der Waals surface area contributed by atoms with Crippen molar-refractivity contribution in [1.29, 1.82) is 0 Å². The van der Waals surface area contributed by atoms with Gasteiger partial charge in [-0.25, -0.2) is 0 Å². The Morgan fingerprint density at radius 2 is 1.77 bits per heavy atom. The van der Waals surface area contributed by atoms with Crippen molar-refractivity contribution in [2.45, 2.75) is 45.3 Å². The Kier molecular flexibility index (Phi) is 4.50. The Balaban J connectivity index is 1.62. The van der Waals surface area contributed by atoms with Gasteiger partial charge in [-0.2, -0.15) is 0 Å². The largest absolute Gasteiger partial charge is 0.417 e. The van der Waals surface area contributed by atoms with E-state index in [1.807, 2.05) is 0 Å². The molecule has 134 valence electrons. The van der Waals surface area contributed by atoms with Crippen LogP contribution in [0.3, 0.4) is 0 Å². The molecule has 2 aromatic carbocycles. The molecule has 2 aliphatic carbocycles. The van der Waals surface area contributed by atoms with Crippen molar-refractivity contribution in [3.05, 3.63) is 76.9 Å². The smallest absolute Gasteiger partial charge is 0.183 e. The molecule has 1 nitrogen and oxygen atoms in total. The Bertz CT molecular complexity index is 899. The van der Waals surface area contributed by atoms with Crippen molar-refractivity contribution >= 4 is 13.9 Å². The zero-order valence-electron chi connectivity index (χ0n) is 16.3. The molecule has 0 radical (unpaired) electrons. The lowest BCUT2D eigenvalue weighted by molar-refractivity contribution is 0.317. The zero-order valence-corrected chi connectivity index (χ0v) is 17.3. The quantitative estimate of drug-likeness (QED) is 0.534. The molecule has 0 amide bonds. The summed E-state index contributed by atoms with van der Waals surface area (Å²) in [5.41, 5.74) is 10.1. The number of hydrogen-bond acceptors (Lipinski definition) is 1. The van der Waals surface area contributed by atoms with Crippen LogP contribution in [0.2, 0.25) is 19.6 Å². The number of fused-ring (bicyclic) bond motifs is 3. The van der Waals surface area contributed by atoms with Gasteiger partial charge in [-0.05, 0) is 71.4 Å². The van der Waals surface area contributed by atoms with Crippen LogP contribution in [0.5, 0.6) is 0 Å². The van der Waals surface area contributed by atoms with Crippen molar-refractivity contribution < 1.29 is 4.43 Å². The molecule has 0 N–H and O–H groups in total. The van der Waals surface area contributed by atoms with Crippen molar-refractivity contribution in [1.82, 2.24) is 0 Å². The van der Waals surface area contributed by atoms with Gasteiger partial charge in [0.1, 0.15) is 0 Å². The van der Waals surface area contributed by atoms with E-state index in [1.165, 1.54) is 39.0 Å². The van der Waals surface area contributed by atoms with Gasteiger partial charge in [0, 0.05) is 12.5 Å². The van der Waals surface area contributed by atoms with E-state index >= 15 is 0 Å². The molecule has 0 heterocycles. The number of hydrogen-bond donors (Lipinski definition) is 0. The number of allylic oxidation sites excluding steroid dienone is 3. The summed E-state index contributed by atoms with van der Waals surface area (Å²) in [7, 11) is -1.44. The lowest BCUT2D eigenvalue weighted by Gasteiger charge is -2.18. The van der Waals surface area contributed by atoms with E-state index < -0.39 is 8.32 Å².